The number of carbonyl (C=O) groups excluding carboxylic acids is 1. The summed E-state index contributed by atoms with van der Waals surface area (Å²) in [6.45, 7) is 3.17. The van der Waals surface area contributed by atoms with E-state index < -0.39 is 0 Å². The predicted molar refractivity (Wildman–Crippen MR) is 64.9 cm³/mol. The summed E-state index contributed by atoms with van der Waals surface area (Å²) in [6, 6.07) is 6.07. The fourth-order valence-corrected chi connectivity index (χ4v) is 1.73. The van der Waals surface area contributed by atoms with Crippen molar-refractivity contribution in [2.75, 3.05) is 26.2 Å². The van der Waals surface area contributed by atoms with Crippen LogP contribution in [0.3, 0.4) is 0 Å². The van der Waals surface area contributed by atoms with E-state index in [9.17, 15) is 9.18 Å². The van der Waals surface area contributed by atoms with Crippen LogP contribution in [0.5, 0.6) is 0 Å². The summed E-state index contributed by atoms with van der Waals surface area (Å²) in [5.41, 5.74) is 0.829. The first-order valence-corrected chi connectivity index (χ1v) is 5.69. The first-order valence-electron chi connectivity index (χ1n) is 5.69. The van der Waals surface area contributed by atoms with Gasteiger partial charge in [0, 0.05) is 32.3 Å². The lowest BCUT2D eigenvalue weighted by Gasteiger charge is -2.26. The average molecular weight is 234 g/mol. The van der Waals surface area contributed by atoms with Crippen LogP contribution in [0.2, 0.25) is 0 Å². The molecule has 90 valence electrons. The lowest BCUT2D eigenvalue weighted by atomic mass is 10.2. The second kappa shape index (κ2) is 5.59. The Morgan fingerprint density at radius 1 is 1.24 bits per heavy atom. The number of nitrogens with zero attached hydrogens (tertiary/aromatic N) is 1. The third-order valence-electron chi connectivity index (χ3n) is 2.72. The minimum atomic E-state index is -0.268. The van der Waals surface area contributed by atoms with Crippen molar-refractivity contribution in [1.29, 1.82) is 0 Å². The van der Waals surface area contributed by atoms with Gasteiger partial charge in [-0.2, -0.15) is 0 Å². The van der Waals surface area contributed by atoms with E-state index >= 15 is 0 Å². The quantitative estimate of drug-likeness (QED) is 0.782. The van der Waals surface area contributed by atoms with E-state index in [2.05, 4.69) is 5.32 Å². The Morgan fingerprint density at radius 2 is 1.88 bits per heavy atom. The molecule has 1 fully saturated rings. The summed E-state index contributed by atoms with van der Waals surface area (Å²) in [5, 5.41) is 3.19. The van der Waals surface area contributed by atoms with Gasteiger partial charge in [0.15, 0.2) is 0 Å². The summed E-state index contributed by atoms with van der Waals surface area (Å²) >= 11 is 0. The zero-order valence-corrected chi connectivity index (χ0v) is 9.53. The van der Waals surface area contributed by atoms with Crippen molar-refractivity contribution in [2.24, 2.45) is 0 Å². The van der Waals surface area contributed by atoms with Gasteiger partial charge in [-0.05, 0) is 23.8 Å². The van der Waals surface area contributed by atoms with Crippen molar-refractivity contribution < 1.29 is 9.18 Å². The van der Waals surface area contributed by atoms with Crippen molar-refractivity contribution in [2.45, 2.75) is 0 Å². The van der Waals surface area contributed by atoms with Crippen molar-refractivity contribution in [1.82, 2.24) is 10.2 Å². The first kappa shape index (κ1) is 11.8. The molecule has 17 heavy (non-hydrogen) atoms. The van der Waals surface area contributed by atoms with Gasteiger partial charge in [-0.1, -0.05) is 12.1 Å². The van der Waals surface area contributed by atoms with Crippen LogP contribution in [0.15, 0.2) is 30.3 Å². The Kier molecular flexibility index (Phi) is 3.88. The lowest BCUT2D eigenvalue weighted by Crippen LogP contribution is -2.45. The fourth-order valence-electron chi connectivity index (χ4n) is 1.73. The number of carbonyl (C=O) groups is 1. The number of amides is 1. The summed E-state index contributed by atoms with van der Waals surface area (Å²) in [7, 11) is 0. The molecule has 2 rings (SSSR count). The number of rotatable bonds is 2. The van der Waals surface area contributed by atoms with E-state index in [4.69, 9.17) is 0 Å². The van der Waals surface area contributed by atoms with E-state index in [1.54, 1.807) is 29.2 Å². The molecule has 1 aromatic rings. The molecule has 1 amide bonds. The minimum absolute atomic E-state index is 0.0100. The molecule has 4 heteroatoms. The van der Waals surface area contributed by atoms with Crippen molar-refractivity contribution >= 4 is 12.0 Å². The molecule has 0 atom stereocenters. The van der Waals surface area contributed by atoms with Crippen LogP contribution in [-0.4, -0.2) is 37.0 Å². The summed E-state index contributed by atoms with van der Waals surface area (Å²) in [5.74, 6) is -0.258. The van der Waals surface area contributed by atoms with E-state index in [1.165, 1.54) is 12.1 Å². The van der Waals surface area contributed by atoms with Crippen LogP contribution in [0.25, 0.3) is 6.08 Å². The zero-order chi connectivity index (χ0) is 12.1. The molecule has 0 radical (unpaired) electrons. The topological polar surface area (TPSA) is 32.3 Å². The maximum absolute atomic E-state index is 12.7. The average Bonchev–Trinajstić information content (AvgIpc) is 2.39. The Bertz CT molecular complexity index is 408. The predicted octanol–water partition coefficient (Wildman–Crippen LogP) is 1.27. The van der Waals surface area contributed by atoms with Crippen LogP contribution in [0.4, 0.5) is 4.39 Å². The van der Waals surface area contributed by atoms with Crippen LogP contribution in [0.1, 0.15) is 5.56 Å². The second-order valence-corrected chi connectivity index (χ2v) is 3.96. The SMILES string of the molecule is O=C(C=Cc1ccc(F)cc1)N1CCNCC1. The van der Waals surface area contributed by atoms with E-state index in [0.717, 1.165) is 31.7 Å². The second-order valence-electron chi connectivity index (χ2n) is 3.96. The monoisotopic (exact) mass is 234 g/mol. The highest BCUT2D eigenvalue weighted by atomic mass is 19.1. The van der Waals surface area contributed by atoms with Crippen LogP contribution in [-0.2, 0) is 4.79 Å². The molecule has 1 heterocycles. The maximum Gasteiger partial charge on any atom is 0.246 e. The van der Waals surface area contributed by atoms with Gasteiger partial charge in [-0.25, -0.2) is 4.39 Å². The molecular weight excluding hydrogens is 219 g/mol. The van der Waals surface area contributed by atoms with Gasteiger partial charge in [0.05, 0.1) is 0 Å². The maximum atomic E-state index is 12.7. The molecular formula is C13H15FN2O. The Hall–Kier alpha value is -1.68. The molecule has 0 saturated carbocycles. The van der Waals surface area contributed by atoms with Crippen LogP contribution < -0.4 is 5.32 Å². The summed E-state index contributed by atoms with van der Waals surface area (Å²) < 4.78 is 12.7. The van der Waals surface area contributed by atoms with Gasteiger partial charge in [0.25, 0.3) is 0 Å². The van der Waals surface area contributed by atoms with Gasteiger partial charge in [0.1, 0.15) is 5.82 Å². The zero-order valence-electron chi connectivity index (χ0n) is 9.53. The smallest absolute Gasteiger partial charge is 0.246 e. The fraction of sp³-hybridized carbons (Fsp3) is 0.308. The normalized spacial score (nSPS) is 16.4. The Morgan fingerprint density at radius 3 is 2.53 bits per heavy atom. The number of halogens is 1. The van der Waals surface area contributed by atoms with Gasteiger partial charge in [-0.15, -0.1) is 0 Å². The number of benzene rings is 1. The molecule has 1 aliphatic rings. The molecule has 0 unspecified atom stereocenters. The minimum Gasteiger partial charge on any atom is -0.337 e. The van der Waals surface area contributed by atoms with E-state index in [0.29, 0.717) is 0 Å². The highest BCUT2D eigenvalue weighted by Crippen LogP contribution is 2.05. The van der Waals surface area contributed by atoms with Crippen molar-refractivity contribution in [3.8, 4) is 0 Å². The van der Waals surface area contributed by atoms with Gasteiger partial charge < -0.3 is 10.2 Å². The largest absolute Gasteiger partial charge is 0.337 e. The van der Waals surface area contributed by atoms with E-state index in [-0.39, 0.29) is 11.7 Å². The Balaban J connectivity index is 1.95. The summed E-state index contributed by atoms with van der Waals surface area (Å²) in [4.78, 5) is 13.6. The third-order valence-corrected chi connectivity index (χ3v) is 2.72. The molecule has 0 aliphatic carbocycles. The molecule has 1 aliphatic heterocycles. The molecule has 3 nitrogen and oxygen atoms in total. The lowest BCUT2D eigenvalue weighted by molar-refractivity contribution is -0.126. The van der Waals surface area contributed by atoms with Crippen LogP contribution >= 0.6 is 0 Å². The third kappa shape index (κ3) is 3.39. The van der Waals surface area contributed by atoms with Gasteiger partial charge >= 0.3 is 0 Å². The highest BCUT2D eigenvalue weighted by Gasteiger charge is 2.12. The molecule has 1 saturated heterocycles. The Labute approximate surface area is 99.9 Å². The van der Waals surface area contributed by atoms with Gasteiger partial charge in [0.2, 0.25) is 5.91 Å². The molecule has 1 aromatic carbocycles. The highest BCUT2D eigenvalue weighted by molar-refractivity contribution is 5.91. The molecule has 0 bridgehead atoms. The summed E-state index contributed by atoms with van der Waals surface area (Å²) in [6.07, 6.45) is 3.25. The van der Waals surface area contributed by atoms with Gasteiger partial charge in [-0.3, -0.25) is 4.79 Å². The van der Waals surface area contributed by atoms with Crippen molar-refractivity contribution in [3.63, 3.8) is 0 Å². The van der Waals surface area contributed by atoms with E-state index in [1.807, 2.05) is 0 Å². The first-order chi connectivity index (χ1) is 8.25. The molecule has 0 spiro atoms. The standard InChI is InChI=1S/C13H15FN2O/c14-12-4-1-11(2-5-12)3-6-13(17)16-9-7-15-8-10-16/h1-6,15H,7-10H2. The number of piperazine rings is 1. The van der Waals surface area contributed by atoms with Crippen LogP contribution in [0, 0.1) is 5.82 Å². The number of hydrogen-bond acceptors (Lipinski definition) is 2. The number of nitrogens with one attached hydrogen (secondary N) is 1. The molecule has 0 aromatic heterocycles. The molecule has 1 N–H and O–H groups in total. The number of hydrogen-bond donors (Lipinski definition) is 1. The van der Waals surface area contributed by atoms with Crippen molar-refractivity contribution in [3.05, 3.63) is 41.7 Å².